The van der Waals surface area contributed by atoms with Gasteiger partial charge in [0.15, 0.2) is 0 Å². The molecule has 1 aromatic carbocycles. The first-order chi connectivity index (χ1) is 11.1. The topological polar surface area (TPSA) is 35.0 Å². The standard InChI is InChI=1S/C19H17ClN2O/c1-13(2)23-17-5-3-14(4-6-17)18-11-16(20)12-19(22-18)15-7-9-21-10-8-15/h3-13H,1-2H3. The van der Waals surface area contributed by atoms with Crippen LogP contribution < -0.4 is 4.74 Å². The molecule has 0 bridgehead atoms. The first kappa shape index (κ1) is 15.5. The first-order valence-electron chi connectivity index (χ1n) is 7.47. The second-order valence-electron chi connectivity index (χ2n) is 5.48. The van der Waals surface area contributed by atoms with Crippen LogP contribution in [0.3, 0.4) is 0 Å². The molecule has 4 heteroatoms. The van der Waals surface area contributed by atoms with Gasteiger partial charge in [-0.2, -0.15) is 0 Å². The largest absolute Gasteiger partial charge is 0.491 e. The predicted octanol–water partition coefficient (Wildman–Crippen LogP) is 5.25. The molecule has 0 atom stereocenters. The van der Waals surface area contributed by atoms with Gasteiger partial charge < -0.3 is 4.74 Å². The summed E-state index contributed by atoms with van der Waals surface area (Å²) in [5.74, 6) is 0.847. The van der Waals surface area contributed by atoms with Crippen molar-refractivity contribution in [2.24, 2.45) is 0 Å². The molecular weight excluding hydrogens is 308 g/mol. The van der Waals surface area contributed by atoms with Crippen molar-refractivity contribution < 1.29 is 4.74 Å². The highest BCUT2D eigenvalue weighted by Crippen LogP contribution is 2.28. The number of hydrogen-bond acceptors (Lipinski definition) is 3. The third-order valence-electron chi connectivity index (χ3n) is 3.29. The molecule has 2 aromatic heterocycles. The lowest BCUT2D eigenvalue weighted by Crippen LogP contribution is -2.05. The predicted molar refractivity (Wildman–Crippen MR) is 93.7 cm³/mol. The molecule has 3 aromatic rings. The van der Waals surface area contributed by atoms with E-state index in [0.29, 0.717) is 5.02 Å². The lowest BCUT2D eigenvalue weighted by atomic mass is 10.1. The van der Waals surface area contributed by atoms with Crippen molar-refractivity contribution in [3.63, 3.8) is 0 Å². The van der Waals surface area contributed by atoms with E-state index in [1.165, 1.54) is 0 Å². The Balaban J connectivity index is 1.95. The molecule has 0 spiro atoms. The molecule has 0 fully saturated rings. The quantitative estimate of drug-likeness (QED) is 0.657. The molecule has 116 valence electrons. The number of hydrogen-bond donors (Lipinski definition) is 0. The Hall–Kier alpha value is -2.39. The van der Waals surface area contributed by atoms with Gasteiger partial charge in [-0.25, -0.2) is 4.98 Å². The number of ether oxygens (including phenoxy) is 1. The van der Waals surface area contributed by atoms with Crippen LogP contribution in [0.15, 0.2) is 60.9 Å². The normalized spacial score (nSPS) is 10.8. The summed E-state index contributed by atoms with van der Waals surface area (Å²) in [4.78, 5) is 8.74. The van der Waals surface area contributed by atoms with E-state index in [-0.39, 0.29) is 6.10 Å². The van der Waals surface area contributed by atoms with Crippen LogP contribution >= 0.6 is 11.6 Å². The van der Waals surface area contributed by atoms with Crippen molar-refractivity contribution in [2.75, 3.05) is 0 Å². The van der Waals surface area contributed by atoms with Gasteiger partial charge in [0.05, 0.1) is 17.5 Å². The van der Waals surface area contributed by atoms with E-state index in [4.69, 9.17) is 21.3 Å². The second-order valence-corrected chi connectivity index (χ2v) is 5.92. The van der Waals surface area contributed by atoms with Gasteiger partial charge in [-0.05, 0) is 62.4 Å². The van der Waals surface area contributed by atoms with Crippen LogP contribution in [0.5, 0.6) is 5.75 Å². The third-order valence-corrected chi connectivity index (χ3v) is 3.51. The van der Waals surface area contributed by atoms with Gasteiger partial charge in [0.2, 0.25) is 0 Å². The van der Waals surface area contributed by atoms with E-state index in [1.54, 1.807) is 12.4 Å². The van der Waals surface area contributed by atoms with E-state index in [2.05, 4.69) is 4.98 Å². The molecule has 2 heterocycles. The Bertz CT molecular complexity index is 786. The van der Waals surface area contributed by atoms with Crippen molar-refractivity contribution in [3.8, 4) is 28.3 Å². The average molecular weight is 325 g/mol. The van der Waals surface area contributed by atoms with Crippen LogP contribution in [0.4, 0.5) is 0 Å². The zero-order valence-electron chi connectivity index (χ0n) is 13.0. The maximum atomic E-state index is 6.27. The summed E-state index contributed by atoms with van der Waals surface area (Å²) >= 11 is 6.27. The second kappa shape index (κ2) is 6.80. The SMILES string of the molecule is CC(C)Oc1ccc(-c2cc(Cl)cc(-c3ccncc3)n2)cc1. The van der Waals surface area contributed by atoms with E-state index < -0.39 is 0 Å². The molecule has 23 heavy (non-hydrogen) atoms. The lowest BCUT2D eigenvalue weighted by molar-refractivity contribution is 0.242. The molecule has 3 nitrogen and oxygen atoms in total. The van der Waals surface area contributed by atoms with Crippen molar-refractivity contribution >= 4 is 11.6 Å². The van der Waals surface area contributed by atoms with Crippen molar-refractivity contribution in [1.29, 1.82) is 0 Å². The summed E-state index contributed by atoms with van der Waals surface area (Å²) in [6, 6.07) is 15.4. The van der Waals surface area contributed by atoms with Crippen LogP contribution in [0.1, 0.15) is 13.8 Å². The van der Waals surface area contributed by atoms with Crippen LogP contribution in [0, 0.1) is 0 Å². The van der Waals surface area contributed by atoms with Crippen molar-refractivity contribution in [2.45, 2.75) is 20.0 Å². The third kappa shape index (κ3) is 3.88. The molecule has 0 aliphatic rings. The smallest absolute Gasteiger partial charge is 0.119 e. The minimum Gasteiger partial charge on any atom is -0.491 e. The first-order valence-corrected chi connectivity index (χ1v) is 7.85. The van der Waals surface area contributed by atoms with Crippen LogP contribution in [-0.4, -0.2) is 16.1 Å². The molecule has 0 saturated carbocycles. The highest BCUT2D eigenvalue weighted by atomic mass is 35.5. The number of nitrogens with zero attached hydrogens (tertiary/aromatic N) is 2. The summed E-state index contributed by atoms with van der Waals surface area (Å²) in [7, 11) is 0. The molecular formula is C19H17ClN2O. The zero-order valence-corrected chi connectivity index (χ0v) is 13.8. The minimum absolute atomic E-state index is 0.156. The van der Waals surface area contributed by atoms with E-state index in [9.17, 15) is 0 Å². The molecule has 0 radical (unpaired) electrons. The highest BCUT2D eigenvalue weighted by Gasteiger charge is 2.07. The van der Waals surface area contributed by atoms with Gasteiger partial charge in [-0.3, -0.25) is 4.98 Å². The van der Waals surface area contributed by atoms with Gasteiger partial charge in [0, 0.05) is 28.5 Å². The summed E-state index contributed by atoms with van der Waals surface area (Å²) in [5, 5.41) is 0.657. The molecule has 3 rings (SSSR count). The van der Waals surface area contributed by atoms with E-state index in [0.717, 1.165) is 28.3 Å². The minimum atomic E-state index is 0.156. The number of pyridine rings is 2. The van der Waals surface area contributed by atoms with Crippen LogP contribution in [-0.2, 0) is 0 Å². The monoisotopic (exact) mass is 324 g/mol. The number of halogens is 1. The van der Waals surface area contributed by atoms with Gasteiger partial charge in [0.25, 0.3) is 0 Å². The van der Waals surface area contributed by atoms with E-state index >= 15 is 0 Å². The van der Waals surface area contributed by atoms with Crippen molar-refractivity contribution in [3.05, 3.63) is 65.9 Å². The molecule has 0 unspecified atom stereocenters. The Kier molecular flexibility index (Phi) is 4.58. The molecule has 0 N–H and O–H groups in total. The van der Waals surface area contributed by atoms with Gasteiger partial charge in [0.1, 0.15) is 5.75 Å². The van der Waals surface area contributed by atoms with Gasteiger partial charge in [-0.15, -0.1) is 0 Å². The lowest BCUT2D eigenvalue weighted by Gasteiger charge is -2.10. The molecule has 0 saturated heterocycles. The molecule has 0 amide bonds. The maximum absolute atomic E-state index is 6.27. The summed E-state index contributed by atoms with van der Waals surface area (Å²) in [5.41, 5.74) is 3.65. The number of benzene rings is 1. The van der Waals surface area contributed by atoms with E-state index in [1.807, 2.05) is 62.4 Å². The Morgan fingerprint density at radius 3 is 2.00 bits per heavy atom. The molecule has 0 aliphatic heterocycles. The van der Waals surface area contributed by atoms with Gasteiger partial charge >= 0.3 is 0 Å². The Labute approximate surface area is 140 Å². The summed E-state index contributed by atoms with van der Waals surface area (Å²) in [6.07, 6.45) is 3.65. The highest BCUT2D eigenvalue weighted by molar-refractivity contribution is 6.31. The number of rotatable bonds is 4. The van der Waals surface area contributed by atoms with Gasteiger partial charge in [-0.1, -0.05) is 11.6 Å². The summed E-state index contributed by atoms with van der Waals surface area (Å²) in [6.45, 7) is 4.01. The van der Waals surface area contributed by atoms with Crippen molar-refractivity contribution in [1.82, 2.24) is 9.97 Å². The fourth-order valence-electron chi connectivity index (χ4n) is 2.29. The summed E-state index contributed by atoms with van der Waals surface area (Å²) < 4.78 is 5.67. The fourth-order valence-corrected chi connectivity index (χ4v) is 2.50. The zero-order chi connectivity index (χ0) is 16.2. The van der Waals surface area contributed by atoms with Crippen LogP contribution in [0.25, 0.3) is 22.5 Å². The average Bonchev–Trinajstić information content (AvgIpc) is 2.55. The van der Waals surface area contributed by atoms with Crippen LogP contribution in [0.2, 0.25) is 5.02 Å². The Morgan fingerprint density at radius 2 is 1.43 bits per heavy atom. The number of aromatic nitrogens is 2. The maximum Gasteiger partial charge on any atom is 0.119 e. The Morgan fingerprint density at radius 1 is 0.870 bits per heavy atom. The molecule has 0 aliphatic carbocycles. The fraction of sp³-hybridized carbons (Fsp3) is 0.158.